The van der Waals surface area contributed by atoms with Gasteiger partial charge < -0.3 is 9.47 Å². The van der Waals surface area contributed by atoms with Crippen LogP contribution in [0.5, 0.6) is 0 Å². The summed E-state index contributed by atoms with van der Waals surface area (Å²) in [6.07, 6.45) is 58.3. The number of ether oxygens (including phenoxy) is 2. The van der Waals surface area contributed by atoms with Gasteiger partial charge in [-0.3, -0.25) is 9.88 Å². The van der Waals surface area contributed by atoms with Crippen LogP contribution in [0.3, 0.4) is 0 Å². The second-order valence-corrected chi connectivity index (χ2v) is 16.3. The summed E-state index contributed by atoms with van der Waals surface area (Å²) < 4.78 is 13.9. The molecule has 0 aromatic carbocycles. The Hall–Kier alpha value is -2.01. The van der Waals surface area contributed by atoms with Crippen LogP contribution in [0.15, 0.2) is 73.1 Å². The lowest BCUT2D eigenvalue weighted by atomic mass is 9.98. The predicted molar refractivity (Wildman–Crippen MR) is 229 cm³/mol. The highest BCUT2D eigenvalue weighted by molar-refractivity contribution is 5.09. The molecule has 300 valence electrons. The minimum absolute atomic E-state index is 0.241. The third-order valence-electron chi connectivity index (χ3n) is 11.5. The third-order valence-corrected chi connectivity index (χ3v) is 11.5. The molecule has 2 aliphatic rings. The van der Waals surface area contributed by atoms with Crippen molar-refractivity contribution in [1.29, 1.82) is 0 Å². The Morgan fingerprint density at radius 1 is 0.604 bits per heavy atom. The Kier molecular flexibility index (Phi) is 25.9. The minimum Gasteiger partial charge on any atom is -0.344 e. The molecule has 4 heteroatoms. The van der Waals surface area contributed by atoms with Gasteiger partial charge in [0, 0.05) is 37.8 Å². The van der Waals surface area contributed by atoms with Crippen LogP contribution in [0.1, 0.15) is 199 Å². The fraction of sp³-hybridized carbons (Fsp3) is 0.735. The van der Waals surface area contributed by atoms with Gasteiger partial charge in [0.2, 0.25) is 0 Å². The average Bonchev–Trinajstić information content (AvgIpc) is 3.72. The maximum Gasteiger partial charge on any atom is 0.169 e. The van der Waals surface area contributed by atoms with Gasteiger partial charge in [-0.15, -0.1) is 0 Å². The Morgan fingerprint density at radius 3 is 1.47 bits per heavy atom. The van der Waals surface area contributed by atoms with Gasteiger partial charge in [-0.25, -0.2) is 0 Å². The molecule has 1 aliphatic carbocycles. The standard InChI is InChI=1S/C49H82N2O2/c1-4-6-8-10-12-14-16-18-20-22-24-26-28-30-32-34-38-49(39-35-33-31-29-27-25-23-21-19-17-15-13-11-9-7-5-2)52-47-41-46(42-48(47)53-49)51(3)44-45-37-36-40-50-43-45/h12-15,18-21,36-37,40,43,46-48H,4-11,16-17,22-35,38-39,41-42,44H2,1-3H3/b14-12-,15-13-,20-18-,21-19-/t46?,47-,48+. The third kappa shape index (κ3) is 21.0. The Morgan fingerprint density at radius 2 is 1.04 bits per heavy atom. The molecule has 1 unspecified atom stereocenters. The smallest absolute Gasteiger partial charge is 0.169 e. The second-order valence-electron chi connectivity index (χ2n) is 16.3. The van der Waals surface area contributed by atoms with Crippen molar-refractivity contribution in [3.05, 3.63) is 78.7 Å². The van der Waals surface area contributed by atoms with Gasteiger partial charge >= 0.3 is 0 Å². The molecule has 3 atom stereocenters. The molecule has 2 heterocycles. The minimum atomic E-state index is -0.354. The molecule has 4 nitrogen and oxygen atoms in total. The molecule has 0 radical (unpaired) electrons. The van der Waals surface area contributed by atoms with Gasteiger partial charge in [-0.05, 0) is 109 Å². The Balaban J connectivity index is 1.31. The van der Waals surface area contributed by atoms with Gasteiger partial charge in [0.15, 0.2) is 5.79 Å². The number of unbranched alkanes of at least 4 members (excludes halogenated alkanes) is 18. The number of rotatable bonds is 33. The molecule has 0 bridgehead atoms. The lowest BCUT2D eigenvalue weighted by Crippen LogP contribution is -2.35. The monoisotopic (exact) mass is 731 g/mol. The highest BCUT2D eigenvalue weighted by Crippen LogP contribution is 2.45. The van der Waals surface area contributed by atoms with Crippen molar-refractivity contribution in [2.24, 2.45) is 0 Å². The summed E-state index contributed by atoms with van der Waals surface area (Å²) in [7, 11) is 2.25. The van der Waals surface area contributed by atoms with Gasteiger partial charge in [-0.2, -0.15) is 0 Å². The highest BCUT2D eigenvalue weighted by atomic mass is 16.8. The van der Waals surface area contributed by atoms with Gasteiger partial charge in [0.1, 0.15) is 0 Å². The van der Waals surface area contributed by atoms with Crippen molar-refractivity contribution in [3.8, 4) is 0 Å². The van der Waals surface area contributed by atoms with Crippen molar-refractivity contribution >= 4 is 0 Å². The lowest BCUT2D eigenvalue weighted by Gasteiger charge is -2.32. The summed E-state index contributed by atoms with van der Waals surface area (Å²) in [5.74, 6) is -0.354. The van der Waals surface area contributed by atoms with Crippen molar-refractivity contribution < 1.29 is 9.47 Å². The van der Waals surface area contributed by atoms with Crippen LogP contribution in [-0.2, 0) is 16.0 Å². The van der Waals surface area contributed by atoms with E-state index in [4.69, 9.17) is 9.47 Å². The maximum absolute atomic E-state index is 6.97. The number of fused-ring (bicyclic) bond motifs is 1. The van der Waals surface area contributed by atoms with Crippen LogP contribution in [0.2, 0.25) is 0 Å². The molecule has 2 fully saturated rings. The Labute approximate surface area is 328 Å². The van der Waals surface area contributed by atoms with Crippen molar-refractivity contribution in [2.75, 3.05) is 7.05 Å². The van der Waals surface area contributed by atoms with Crippen LogP contribution < -0.4 is 0 Å². The van der Waals surface area contributed by atoms with Crippen LogP contribution in [0.4, 0.5) is 0 Å². The molecule has 0 N–H and O–H groups in total. The summed E-state index contributed by atoms with van der Waals surface area (Å²) in [5, 5.41) is 0. The SMILES string of the molecule is CCCCC/C=C\C/C=C\CCCCCCCCC1(CCCCCCCC/C=C\C/C=C\CCCCC)O[C@H]2CC(N(C)Cc3cccnc3)C[C@H]2O1. The normalized spacial score (nSPS) is 20.0. The maximum atomic E-state index is 6.97. The van der Waals surface area contributed by atoms with Crippen molar-refractivity contribution in [3.63, 3.8) is 0 Å². The molecular weight excluding hydrogens is 649 g/mol. The van der Waals surface area contributed by atoms with E-state index >= 15 is 0 Å². The number of aromatic nitrogens is 1. The molecule has 3 rings (SSSR count). The fourth-order valence-electron chi connectivity index (χ4n) is 8.16. The van der Waals surface area contributed by atoms with E-state index < -0.39 is 0 Å². The zero-order chi connectivity index (χ0) is 37.5. The average molecular weight is 731 g/mol. The number of allylic oxidation sites excluding steroid dienone is 8. The van der Waals surface area contributed by atoms with Crippen molar-refractivity contribution in [2.45, 2.75) is 224 Å². The number of pyridine rings is 1. The van der Waals surface area contributed by atoms with Crippen LogP contribution >= 0.6 is 0 Å². The Bertz CT molecular complexity index is 1050. The molecule has 1 aliphatic heterocycles. The van der Waals surface area contributed by atoms with E-state index in [1.165, 1.54) is 147 Å². The molecule has 1 aromatic heterocycles. The van der Waals surface area contributed by atoms with Gasteiger partial charge in [-0.1, -0.05) is 146 Å². The summed E-state index contributed by atoms with van der Waals surface area (Å²) in [5.41, 5.74) is 1.28. The number of hydrogen-bond acceptors (Lipinski definition) is 4. The lowest BCUT2D eigenvalue weighted by molar-refractivity contribution is -0.193. The van der Waals surface area contributed by atoms with E-state index in [1.807, 2.05) is 18.5 Å². The number of hydrogen-bond donors (Lipinski definition) is 0. The fourth-order valence-corrected chi connectivity index (χ4v) is 8.16. The zero-order valence-electron chi connectivity index (χ0n) is 34.9. The largest absolute Gasteiger partial charge is 0.344 e. The molecule has 1 saturated heterocycles. The first kappa shape index (κ1) is 45.4. The van der Waals surface area contributed by atoms with E-state index in [2.05, 4.69) is 85.5 Å². The first-order valence-electron chi connectivity index (χ1n) is 22.7. The van der Waals surface area contributed by atoms with Crippen molar-refractivity contribution in [1.82, 2.24) is 9.88 Å². The van der Waals surface area contributed by atoms with Gasteiger partial charge in [0.25, 0.3) is 0 Å². The quantitative estimate of drug-likeness (QED) is 0.0533. The first-order valence-corrected chi connectivity index (χ1v) is 22.7. The number of nitrogens with zero attached hydrogens (tertiary/aromatic N) is 2. The predicted octanol–water partition coefficient (Wildman–Crippen LogP) is 14.6. The molecular formula is C49H82N2O2. The van der Waals surface area contributed by atoms with E-state index in [1.54, 1.807) is 0 Å². The van der Waals surface area contributed by atoms with Crippen LogP contribution in [0, 0.1) is 0 Å². The first-order chi connectivity index (χ1) is 26.2. The molecule has 0 spiro atoms. The molecule has 0 amide bonds. The molecule has 53 heavy (non-hydrogen) atoms. The van der Waals surface area contributed by atoms with E-state index in [0.29, 0.717) is 6.04 Å². The second kappa shape index (κ2) is 30.2. The molecule has 1 aromatic rings. The summed E-state index contributed by atoms with van der Waals surface area (Å²) >= 11 is 0. The summed E-state index contributed by atoms with van der Waals surface area (Å²) in [6.45, 7) is 5.47. The molecule has 1 saturated carbocycles. The zero-order valence-corrected chi connectivity index (χ0v) is 34.9. The van der Waals surface area contributed by atoms with Gasteiger partial charge in [0.05, 0.1) is 12.2 Å². The van der Waals surface area contributed by atoms with Crippen LogP contribution in [-0.4, -0.2) is 41.0 Å². The van der Waals surface area contributed by atoms with E-state index in [9.17, 15) is 0 Å². The summed E-state index contributed by atoms with van der Waals surface area (Å²) in [6, 6.07) is 4.72. The summed E-state index contributed by atoms with van der Waals surface area (Å²) in [4.78, 5) is 6.80. The van der Waals surface area contributed by atoms with Crippen LogP contribution in [0.25, 0.3) is 0 Å². The highest BCUT2D eigenvalue weighted by Gasteiger charge is 2.51. The van der Waals surface area contributed by atoms with E-state index in [0.717, 1.165) is 45.1 Å². The van der Waals surface area contributed by atoms with E-state index in [-0.39, 0.29) is 18.0 Å². The topological polar surface area (TPSA) is 34.6 Å².